The summed E-state index contributed by atoms with van der Waals surface area (Å²) in [7, 11) is 0. The molecule has 5 heteroatoms. The first-order valence-corrected chi connectivity index (χ1v) is 5.47. The highest BCUT2D eigenvalue weighted by Crippen LogP contribution is 2.23. The Labute approximate surface area is 98.4 Å². The van der Waals surface area contributed by atoms with Gasteiger partial charge in [0.2, 0.25) is 5.91 Å². The molecule has 1 aliphatic rings. The smallest absolute Gasteiger partial charge is 0.328 e. The molecule has 0 bridgehead atoms. The van der Waals surface area contributed by atoms with Gasteiger partial charge in [0.15, 0.2) is 0 Å². The first-order chi connectivity index (χ1) is 8.11. The fourth-order valence-corrected chi connectivity index (χ4v) is 1.78. The predicted octanol–water partition coefficient (Wildman–Crippen LogP) is 1.91. The van der Waals surface area contributed by atoms with E-state index in [2.05, 4.69) is 5.32 Å². The quantitative estimate of drug-likeness (QED) is 0.809. The van der Waals surface area contributed by atoms with E-state index in [-0.39, 0.29) is 17.5 Å². The number of rotatable bonds is 1. The van der Waals surface area contributed by atoms with Crippen molar-refractivity contribution in [3.8, 4) is 0 Å². The van der Waals surface area contributed by atoms with Crippen molar-refractivity contribution in [2.24, 2.45) is 5.92 Å². The van der Waals surface area contributed by atoms with E-state index < -0.39 is 11.8 Å². The predicted molar refractivity (Wildman–Crippen MR) is 61.1 cm³/mol. The van der Waals surface area contributed by atoms with Crippen molar-refractivity contribution < 1.29 is 14.0 Å². The van der Waals surface area contributed by atoms with E-state index in [0.717, 1.165) is 4.90 Å². The summed E-state index contributed by atoms with van der Waals surface area (Å²) in [6.07, 6.45) is 0.565. The molecule has 0 aromatic heterocycles. The van der Waals surface area contributed by atoms with Crippen LogP contribution in [0.4, 0.5) is 14.9 Å². The highest BCUT2D eigenvalue weighted by Gasteiger charge is 2.31. The lowest BCUT2D eigenvalue weighted by molar-refractivity contribution is -0.121. The van der Waals surface area contributed by atoms with Gasteiger partial charge in [-0.15, -0.1) is 0 Å². The lowest BCUT2D eigenvalue weighted by Crippen LogP contribution is -2.43. The first kappa shape index (κ1) is 11.6. The van der Waals surface area contributed by atoms with E-state index in [1.807, 2.05) is 0 Å². The van der Waals surface area contributed by atoms with Crippen LogP contribution in [0, 0.1) is 11.7 Å². The monoisotopic (exact) mass is 236 g/mol. The minimum atomic E-state index is -0.579. The van der Waals surface area contributed by atoms with Crippen molar-refractivity contribution in [1.29, 1.82) is 0 Å². The summed E-state index contributed by atoms with van der Waals surface area (Å²) in [6, 6.07) is 5.19. The van der Waals surface area contributed by atoms with Crippen molar-refractivity contribution in [2.75, 3.05) is 11.4 Å². The van der Waals surface area contributed by atoms with E-state index >= 15 is 0 Å². The molecule has 3 amide bonds. The van der Waals surface area contributed by atoms with Crippen LogP contribution in [0.5, 0.6) is 0 Å². The normalized spacial score (nSPS) is 21.1. The number of urea groups is 1. The van der Waals surface area contributed by atoms with Gasteiger partial charge < -0.3 is 5.32 Å². The molecule has 0 radical (unpaired) electrons. The summed E-state index contributed by atoms with van der Waals surface area (Å²) < 4.78 is 13.6. The van der Waals surface area contributed by atoms with E-state index in [9.17, 15) is 14.0 Å². The molecular formula is C12H13FN2O2. The van der Waals surface area contributed by atoms with Gasteiger partial charge in [-0.25, -0.2) is 14.1 Å². The van der Waals surface area contributed by atoms with Gasteiger partial charge in [0.25, 0.3) is 0 Å². The fourth-order valence-electron chi connectivity index (χ4n) is 1.78. The first-order valence-electron chi connectivity index (χ1n) is 5.47. The summed E-state index contributed by atoms with van der Waals surface area (Å²) in [5.41, 5.74) is 0.00347. The molecule has 1 aromatic carbocycles. The van der Waals surface area contributed by atoms with Crippen LogP contribution in [0.25, 0.3) is 0 Å². The Morgan fingerprint density at radius 3 is 2.76 bits per heavy atom. The van der Waals surface area contributed by atoms with Crippen LogP contribution in [-0.2, 0) is 4.79 Å². The summed E-state index contributed by atoms with van der Waals surface area (Å²) in [5, 5.41) is 2.58. The molecule has 1 aromatic rings. The van der Waals surface area contributed by atoms with Crippen molar-refractivity contribution >= 4 is 17.6 Å². The molecule has 1 saturated heterocycles. The highest BCUT2D eigenvalue weighted by atomic mass is 19.1. The van der Waals surface area contributed by atoms with Crippen molar-refractivity contribution in [3.63, 3.8) is 0 Å². The summed E-state index contributed by atoms with van der Waals surface area (Å²) in [5.74, 6) is -1.25. The van der Waals surface area contributed by atoms with Crippen LogP contribution in [0.3, 0.4) is 0 Å². The molecule has 17 heavy (non-hydrogen) atoms. The number of benzene rings is 1. The molecule has 1 N–H and O–H groups in total. The SMILES string of the molecule is CC1CCNC(=O)N(c2ccccc2F)C1=O. The van der Waals surface area contributed by atoms with Crippen LogP contribution in [0.15, 0.2) is 24.3 Å². The number of carbonyl (C=O) groups excluding carboxylic acids is 2. The van der Waals surface area contributed by atoms with Crippen molar-refractivity contribution in [2.45, 2.75) is 13.3 Å². The summed E-state index contributed by atoms with van der Waals surface area (Å²) >= 11 is 0. The molecule has 1 aliphatic heterocycles. The lowest BCUT2D eigenvalue weighted by Gasteiger charge is -2.20. The van der Waals surface area contributed by atoms with Gasteiger partial charge in [-0.2, -0.15) is 0 Å². The molecule has 4 nitrogen and oxygen atoms in total. The number of para-hydroxylation sites is 1. The Morgan fingerprint density at radius 2 is 2.06 bits per heavy atom. The van der Waals surface area contributed by atoms with Gasteiger partial charge in [0.05, 0.1) is 5.69 Å². The number of hydrogen-bond donors (Lipinski definition) is 1. The zero-order valence-corrected chi connectivity index (χ0v) is 9.44. The molecule has 1 unspecified atom stereocenters. The Balaban J connectivity index is 2.43. The number of halogens is 1. The summed E-state index contributed by atoms with van der Waals surface area (Å²) in [6.45, 7) is 2.16. The number of imide groups is 1. The largest absolute Gasteiger partial charge is 0.337 e. The van der Waals surface area contributed by atoms with Crippen LogP contribution in [-0.4, -0.2) is 18.5 Å². The number of nitrogens with one attached hydrogen (secondary N) is 1. The third-order valence-electron chi connectivity index (χ3n) is 2.79. The maximum absolute atomic E-state index is 13.6. The van der Waals surface area contributed by atoms with Crippen LogP contribution >= 0.6 is 0 Å². The van der Waals surface area contributed by atoms with Gasteiger partial charge in [-0.05, 0) is 18.6 Å². The van der Waals surface area contributed by atoms with Crippen LogP contribution in [0.2, 0.25) is 0 Å². The molecule has 0 saturated carbocycles. The van der Waals surface area contributed by atoms with Gasteiger partial charge >= 0.3 is 6.03 Å². The Kier molecular flexibility index (Phi) is 3.08. The zero-order valence-electron chi connectivity index (χ0n) is 9.44. The zero-order chi connectivity index (χ0) is 12.4. The van der Waals surface area contributed by atoms with Gasteiger partial charge in [0.1, 0.15) is 5.82 Å². The third kappa shape index (κ3) is 2.13. The Bertz CT molecular complexity index is 462. The fraction of sp³-hybridized carbons (Fsp3) is 0.333. The molecule has 1 heterocycles. The van der Waals surface area contributed by atoms with Crippen molar-refractivity contribution in [3.05, 3.63) is 30.1 Å². The molecule has 0 aliphatic carbocycles. The average Bonchev–Trinajstić information content (AvgIpc) is 2.42. The molecule has 1 fully saturated rings. The van der Waals surface area contributed by atoms with Crippen molar-refractivity contribution in [1.82, 2.24) is 5.32 Å². The number of hydrogen-bond acceptors (Lipinski definition) is 2. The highest BCUT2D eigenvalue weighted by molar-refractivity contribution is 6.15. The Hall–Kier alpha value is -1.91. The third-order valence-corrected chi connectivity index (χ3v) is 2.79. The number of carbonyl (C=O) groups is 2. The topological polar surface area (TPSA) is 49.4 Å². The van der Waals surface area contributed by atoms with E-state index in [1.165, 1.54) is 18.2 Å². The standard InChI is InChI=1S/C12H13FN2O2/c1-8-6-7-14-12(17)15(11(8)16)10-5-3-2-4-9(10)13/h2-5,8H,6-7H2,1H3,(H,14,17). The van der Waals surface area contributed by atoms with Gasteiger partial charge in [-0.3, -0.25) is 4.79 Å². The Morgan fingerprint density at radius 1 is 1.35 bits per heavy atom. The second-order valence-electron chi connectivity index (χ2n) is 4.05. The van der Waals surface area contributed by atoms with Gasteiger partial charge in [-0.1, -0.05) is 19.1 Å². The van der Waals surface area contributed by atoms with E-state index in [0.29, 0.717) is 13.0 Å². The molecular weight excluding hydrogens is 223 g/mol. The minimum absolute atomic E-state index is 0.00347. The maximum Gasteiger partial charge on any atom is 0.328 e. The van der Waals surface area contributed by atoms with E-state index in [4.69, 9.17) is 0 Å². The molecule has 2 rings (SSSR count). The second kappa shape index (κ2) is 4.53. The maximum atomic E-state index is 13.6. The molecule has 0 spiro atoms. The molecule has 1 atom stereocenters. The van der Waals surface area contributed by atoms with Crippen LogP contribution < -0.4 is 10.2 Å². The lowest BCUT2D eigenvalue weighted by atomic mass is 10.1. The van der Waals surface area contributed by atoms with Gasteiger partial charge in [0, 0.05) is 12.5 Å². The minimum Gasteiger partial charge on any atom is -0.337 e. The number of nitrogens with zero attached hydrogens (tertiary/aromatic N) is 1. The summed E-state index contributed by atoms with van der Waals surface area (Å²) in [4.78, 5) is 24.6. The second-order valence-corrected chi connectivity index (χ2v) is 4.05. The van der Waals surface area contributed by atoms with Crippen LogP contribution in [0.1, 0.15) is 13.3 Å². The molecule has 90 valence electrons. The average molecular weight is 236 g/mol. The van der Waals surface area contributed by atoms with E-state index in [1.54, 1.807) is 13.0 Å². The number of amides is 3. The number of anilines is 1.